The topological polar surface area (TPSA) is 75.1 Å². The molecule has 6 heteroatoms. The summed E-state index contributed by atoms with van der Waals surface area (Å²) in [6.45, 7) is 5.16. The molecule has 4 rings (SSSR count). The molecule has 0 saturated heterocycles. The van der Waals surface area contributed by atoms with Gasteiger partial charge in [0.25, 0.3) is 0 Å². The van der Waals surface area contributed by atoms with Gasteiger partial charge in [0.15, 0.2) is 5.82 Å². The molecule has 2 heterocycles. The summed E-state index contributed by atoms with van der Waals surface area (Å²) in [6, 6.07) is 8.15. The predicted molar refractivity (Wildman–Crippen MR) is 116 cm³/mol. The number of carboxylic acids is 1. The van der Waals surface area contributed by atoms with Crippen LogP contribution >= 0.6 is 11.3 Å². The van der Waals surface area contributed by atoms with E-state index in [2.05, 4.69) is 41.3 Å². The van der Waals surface area contributed by atoms with Crippen molar-refractivity contribution >= 4 is 17.3 Å². The monoisotopic (exact) mass is 407 g/mol. The largest absolute Gasteiger partial charge is 0.478 e. The minimum Gasteiger partial charge on any atom is -0.478 e. The number of nitrogens with one attached hydrogen (secondary N) is 1. The number of hydrogen-bond acceptors (Lipinski definition) is 5. The van der Waals surface area contributed by atoms with Gasteiger partial charge in [-0.05, 0) is 48.4 Å². The van der Waals surface area contributed by atoms with Gasteiger partial charge >= 0.3 is 5.97 Å². The van der Waals surface area contributed by atoms with E-state index in [4.69, 9.17) is 0 Å². The van der Waals surface area contributed by atoms with Crippen LogP contribution in [0.15, 0.2) is 36.7 Å². The number of benzene rings is 1. The highest BCUT2D eigenvalue weighted by Gasteiger charge is 2.33. The summed E-state index contributed by atoms with van der Waals surface area (Å²) >= 11 is 1.54. The van der Waals surface area contributed by atoms with Gasteiger partial charge in [0.2, 0.25) is 0 Å². The molecular weight excluding hydrogens is 382 g/mol. The minimum absolute atomic E-state index is 0.122. The molecule has 0 spiro atoms. The second-order valence-electron chi connectivity index (χ2n) is 8.34. The fraction of sp³-hybridized carbons (Fsp3) is 0.348. The summed E-state index contributed by atoms with van der Waals surface area (Å²) in [4.78, 5) is 23.1. The molecule has 5 nitrogen and oxygen atoms in total. The molecule has 0 unspecified atom stereocenters. The number of hydrogen-bond donors (Lipinski definition) is 2. The second-order valence-corrected chi connectivity index (χ2v) is 9.44. The molecule has 0 radical (unpaired) electrons. The third-order valence-electron chi connectivity index (χ3n) is 5.54. The van der Waals surface area contributed by atoms with Crippen LogP contribution in [0, 0.1) is 5.41 Å². The van der Waals surface area contributed by atoms with Crippen LogP contribution in [0.3, 0.4) is 0 Å². The van der Waals surface area contributed by atoms with Gasteiger partial charge in [-0.3, -0.25) is 0 Å². The Morgan fingerprint density at radius 3 is 2.66 bits per heavy atom. The summed E-state index contributed by atoms with van der Waals surface area (Å²) in [5, 5.41) is 13.1. The van der Waals surface area contributed by atoms with Crippen molar-refractivity contribution in [3.8, 4) is 21.8 Å². The first-order chi connectivity index (χ1) is 13.9. The van der Waals surface area contributed by atoms with E-state index in [1.165, 1.54) is 10.4 Å². The van der Waals surface area contributed by atoms with E-state index >= 15 is 0 Å². The van der Waals surface area contributed by atoms with Gasteiger partial charge in [-0.2, -0.15) is 0 Å². The number of rotatable bonds is 5. The second kappa shape index (κ2) is 7.69. The minimum atomic E-state index is -0.887. The van der Waals surface area contributed by atoms with E-state index in [1.807, 2.05) is 19.2 Å². The Morgan fingerprint density at radius 1 is 1.24 bits per heavy atom. The lowest BCUT2D eigenvalue weighted by molar-refractivity contribution is 0.0696. The lowest BCUT2D eigenvalue weighted by Gasteiger charge is -2.29. The van der Waals surface area contributed by atoms with E-state index in [0.717, 1.165) is 42.5 Å². The first kappa shape index (κ1) is 19.7. The van der Waals surface area contributed by atoms with Gasteiger partial charge in [-0.25, -0.2) is 14.8 Å². The maximum atomic E-state index is 12.1. The SMILES string of the molecule is CNCc1ccccc1-c1cnc(-c2sc3c(c2C(=O)O)CC(C)(C)CC3)nc1. The van der Waals surface area contributed by atoms with Crippen molar-refractivity contribution in [3.63, 3.8) is 0 Å². The van der Waals surface area contributed by atoms with Crippen LogP contribution < -0.4 is 5.32 Å². The maximum absolute atomic E-state index is 12.1. The number of aromatic nitrogens is 2. The average molecular weight is 408 g/mol. The summed E-state index contributed by atoms with van der Waals surface area (Å²) in [5.74, 6) is -0.392. The van der Waals surface area contributed by atoms with E-state index < -0.39 is 5.97 Å². The van der Waals surface area contributed by atoms with Gasteiger partial charge in [-0.1, -0.05) is 38.1 Å². The molecule has 3 aromatic rings. The molecule has 0 atom stereocenters. The predicted octanol–water partition coefficient (Wildman–Crippen LogP) is 4.80. The van der Waals surface area contributed by atoms with Gasteiger partial charge in [0.1, 0.15) is 0 Å². The normalized spacial score (nSPS) is 15.1. The van der Waals surface area contributed by atoms with Crippen LogP contribution in [0.2, 0.25) is 0 Å². The third kappa shape index (κ3) is 3.82. The fourth-order valence-corrected chi connectivity index (χ4v) is 5.29. The van der Waals surface area contributed by atoms with Gasteiger partial charge < -0.3 is 10.4 Å². The van der Waals surface area contributed by atoms with Crippen molar-refractivity contribution in [2.45, 2.75) is 39.7 Å². The number of thiophene rings is 1. The highest BCUT2D eigenvalue weighted by Crippen LogP contribution is 2.44. The van der Waals surface area contributed by atoms with Crippen molar-refractivity contribution in [3.05, 3.63) is 58.2 Å². The Bertz CT molecular complexity index is 1050. The van der Waals surface area contributed by atoms with Crippen LogP contribution in [-0.2, 0) is 19.4 Å². The Morgan fingerprint density at radius 2 is 1.97 bits per heavy atom. The Labute approximate surface area is 174 Å². The van der Waals surface area contributed by atoms with Crippen LogP contribution in [0.5, 0.6) is 0 Å². The van der Waals surface area contributed by atoms with Gasteiger partial charge in [0.05, 0.1) is 10.4 Å². The lowest BCUT2D eigenvalue weighted by atomic mass is 9.76. The molecule has 0 bridgehead atoms. The number of aromatic carboxylic acids is 1. The van der Waals surface area contributed by atoms with Crippen molar-refractivity contribution in [1.29, 1.82) is 0 Å². The van der Waals surface area contributed by atoms with Crippen LogP contribution in [0.4, 0.5) is 0 Å². The number of nitrogens with zero attached hydrogens (tertiary/aromatic N) is 2. The van der Waals surface area contributed by atoms with Crippen LogP contribution in [0.1, 0.15) is 46.6 Å². The lowest BCUT2D eigenvalue weighted by Crippen LogP contribution is -2.22. The zero-order chi connectivity index (χ0) is 20.6. The smallest absolute Gasteiger partial charge is 0.337 e. The van der Waals surface area contributed by atoms with E-state index in [-0.39, 0.29) is 5.41 Å². The van der Waals surface area contributed by atoms with Crippen molar-refractivity contribution in [1.82, 2.24) is 15.3 Å². The standard InChI is InChI=1S/C23H25N3O2S/c1-23(2)9-8-18-17(10-23)19(22(27)28)20(29-18)21-25-12-15(13-26-21)16-7-5-4-6-14(16)11-24-3/h4-7,12-13,24H,8-11H2,1-3H3,(H,27,28). The first-order valence-electron chi connectivity index (χ1n) is 9.83. The number of aryl methyl sites for hydroxylation is 1. The molecule has 2 aromatic heterocycles. The van der Waals surface area contributed by atoms with Crippen molar-refractivity contribution < 1.29 is 9.90 Å². The van der Waals surface area contributed by atoms with Gasteiger partial charge in [-0.15, -0.1) is 11.3 Å². The van der Waals surface area contributed by atoms with Crippen LogP contribution in [-0.4, -0.2) is 28.1 Å². The summed E-state index contributed by atoms with van der Waals surface area (Å²) in [6.07, 6.45) is 6.37. The summed E-state index contributed by atoms with van der Waals surface area (Å²) in [7, 11) is 1.92. The molecule has 150 valence electrons. The Balaban J connectivity index is 1.74. The number of carbonyl (C=O) groups is 1. The molecule has 0 amide bonds. The average Bonchev–Trinajstić information content (AvgIpc) is 3.06. The number of fused-ring (bicyclic) bond motifs is 1. The van der Waals surface area contributed by atoms with Crippen LogP contribution in [0.25, 0.3) is 21.8 Å². The molecule has 0 fully saturated rings. The zero-order valence-electron chi connectivity index (χ0n) is 17.0. The Kier molecular flexibility index (Phi) is 5.23. The van der Waals surface area contributed by atoms with E-state index in [0.29, 0.717) is 16.3 Å². The summed E-state index contributed by atoms with van der Waals surface area (Å²) < 4.78 is 0. The Hall–Kier alpha value is -2.57. The molecule has 1 aliphatic rings. The fourth-order valence-electron chi connectivity index (χ4n) is 4.03. The summed E-state index contributed by atoms with van der Waals surface area (Å²) in [5.41, 5.74) is 4.67. The third-order valence-corrected chi connectivity index (χ3v) is 6.83. The molecule has 0 aliphatic heterocycles. The van der Waals surface area contributed by atoms with E-state index in [9.17, 15) is 9.90 Å². The highest BCUT2D eigenvalue weighted by molar-refractivity contribution is 7.16. The molecule has 0 saturated carbocycles. The molecule has 2 N–H and O–H groups in total. The van der Waals surface area contributed by atoms with Crippen molar-refractivity contribution in [2.24, 2.45) is 5.41 Å². The molecule has 29 heavy (non-hydrogen) atoms. The first-order valence-corrected chi connectivity index (χ1v) is 10.6. The van der Waals surface area contributed by atoms with E-state index in [1.54, 1.807) is 23.7 Å². The quantitative estimate of drug-likeness (QED) is 0.635. The zero-order valence-corrected chi connectivity index (χ0v) is 17.8. The molecule has 1 aliphatic carbocycles. The number of carboxylic acid groups (broad SMARTS) is 1. The van der Waals surface area contributed by atoms with Gasteiger partial charge in [0, 0.05) is 29.4 Å². The van der Waals surface area contributed by atoms with Crippen molar-refractivity contribution in [2.75, 3.05) is 7.05 Å². The molecule has 1 aromatic carbocycles. The highest BCUT2D eigenvalue weighted by atomic mass is 32.1. The maximum Gasteiger partial charge on any atom is 0.337 e. The molecular formula is C23H25N3O2S.